The van der Waals surface area contributed by atoms with Crippen LogP contribution >= 0.6 is 0 Å². The minimum Gasteiger partial charge on any atom is -0.323 e. The summed E-state index contributed by atoms with van der Waals surface area (Å²) in [7, 11) is 0. The number of benzene rings is 2. The zero-order valence-corrected chi connectivity index (χ0v) is 22.8. The number of aromatic nitrogens is 3. The van der Waals surface area contributed by atoms with Crippen LogP contribution in [0.25, 0.3) is 21.9 Å². The number of hydrogen-bond acceptors (Lipinski definition) is 3. The summed E-state index contributed by atoms with van der Waals surface area (Å²) < 4.78 is 2.48. The predicted octanol–water partition coefficient (Wildman–Crippen LogP) is 7.31. The van der Waals surface area contributed by atoms with Gasteiger partial charge < -0.3 is 9.88 Å². The molecule has 0 spiro atoms. The summed E-state index contributed by atoms with van der Waals surface area (Å²) in [6.07, 6.45) is 5.61. The van der Waals surface area contributed by atoms with Crippen molar-refractivity contribution in [2.75, 3.05) is 6.54 Å². The first-order valence-corrected chi connectivity index (χ1v) is 13.9. The van der Waals surface area contributed by atoms with Crippen LogP contribution in [0.3, 0.4) is 0 Å². The van der Waals surface area contributed by atoms with Gasteiger partial charge in [-0.05, 0) is 60.3 Å². The van der Waals surface area contributed by atoms with Gasteiger partial charge in [0.1, 0.15) is 11.3 Å². The molecule has 5 rings (SSSR count). The lowest BCUT2D eigenvalue weighted by Gasteiger charge is -2.18. The van der Waals surface area contributed by atoms with Crippen LogP contribution in [-0.4, -0.2) is 21.1 Å². The molecule has 1 aliphatic carbocycles. The van der Waals surface area contributed by atoms with Crippen molar-refractivity contribution in [1.29, 1.82) is 0 Å². The number of fused-ring (bicyclic) bond motifs is 3. The average Bonchev–Trinajstić information content (AvgIpc) is 3.42. The highest BCUT2D eigenvalue weighted by molar-refractivity contribution is 6.03. The van der Waals surface area contributed by atoms with E-state index in [-0.39, 0.29) is 5.41 Å². The van der Waals surface area contributed by atoms with Gasteiger partial charge >= 0.3 is 0 Å². The minimum absolute atomic E-state index is 0.150. The van der Waals surface area contributed by atoms with Crippen molar-refractivity contribution in [3.05, 3.63) is 71.2 Å². The van der Waals surface area contributed by atoms with Crippen LogP contribution in [0.2, 0.25) is 0 Å². The molecule has 2 unspecified atom stereocenters. The quantitative estimate of drug-likeness (QED) is 0.258. The average molecular weight is 483 g/mol. The first-order valence-electron chi connectivity index (χ1n) is 13.9. The summed E-state index contributed by atoms with van der Waals surface area (Å²) in [6, 6.07) is 17.7. The molecule has 4 aromatic rings. The highest BCUT2D eigenvalue weighted by Gasteiger charge is 2.31. The van der Waals surface area contributed by atoms with Gasteiger partial charge in [-0.1, -0.05) is 83.5 Å². The smallest absolute Gasteiger partial charge is 0.111 e. The van der Waals surface area contributed by atoms with Crippen LogP contribution in [0.5, 0.6) is 0 Å². The van der Waals surface area contributed by atoms with Crippen LogP contribution in [0.4, 0.5) is 0 Å². The van der Waals surface area contributed by atoms with Gasteiger partial charge in [0.15, 0.2) is 0 Å². The second-order valence-corrected chi connectivity index (χ2v) is 12.1. The molecule has 2 heterocycles. The van der Waals surface area contributed by atoms with Crippen LogP contribution < -0.4 is 5.32 Å². The third-order valence-electron chi connectivity index (χ3n) is 7.56. The fraction of sp³-hybridized carbons (Fsp3) is 0.500. The third kappa shape index (κ3) is 5.64. The standard InChI is InChI=1S/C32H42N4/c1-6-7-12-29-35-30-28(18-32(3,4)5)34-27-11-9-8-10-26(27)31(30)36(29)21-24-15-13-23(14-16-24)19-33-20-25-17-22(25)2/h8-11,13-16,22,25,33H,6-7,12,17-21H2,1-5H3. The molecule has 2 atom stereocenters. The highest BCUT2D eigenvalue weighted by Crippen LogP contribution is 2.37. The molecule has 0 aliphatic heterocycles. The molecule has 4 heteroatoms. The summed E-state index contributed by atoms with van der Waals surface area (Å²) in [5.74, 6) is 2.97. The van der Waals surface area contributed by atoms with Crippen LogP contribution in [-0.2, 0) is 25.9 Å². The Morgan fingerprint density at radius 2 is 1.72 bits per heavy atom. The normalized spacial score (nSPS) is 17.8. The molecular weight excluding hydrogens is 440 g/mol. The van der Waals surface area contributed by atoms with Crippen molar-refractivity contribution in [3.8, 4) is 0 Å². The van der Waals surface area contributed by atoms with E-state index in [1.54, 1.807) is 0 Å². The van der Waals surface area contributed by atoms with Gasteiger partial charge in [0.05, 0.1) is 16.7 Å². The molecule has 0 saturated heterocycles. The summed E-state index contributed by atoms with van der Waals surface area (Å²) in [5, 5.41) is 4.84. The number of nitrogens with zero attached hydrogens (tertiary/aromatic N) is 3. The maximum Gasteiger partial charge on any atom is 0.111 e. The van der Waals surface area contributed by atoms with Gasteiger partial charge in [-0.3, -0.25) is 4.98 Å². The largest absolute Gasteiger partial charge is 0.323 e. The monoisotopic (exact) mass is 482 g/mol. The maximum atomic E-state index is 5.26. The molecule has 36 heavy (non-hydrogen) atoms. The first-order chi connectivity index (χ1) is 17.3. The molecular formula is C32H42N4. The number of para-hydroxylation sites is 1. The lowest BCUT2D eigenvalue weighted by atomic mass is 9.89. The van der Waals surface area contributed by atoms with Crippen molar-refractivity contribution in [1.82, 2.24) is 19.9 Å². The van der Waals surface area contributed by atoms with Crippen molar-refractivity contribution >= 4 is 21.9 Å². The van der Waals surface area contributed by atoms with Crippen molar-refractivity contribution < 1.29 is 0 Å². The zero-order valence-electron chi connectivity index (χ0n) is 22.8. The number of pyridine rings is 1. The van der Waals surface area contributed by atoms with E-state index in [4.69, 9.17) is 9.97 Å². The second-order valence-electron chi connectivity index (χ2n) is 12.1. The minimum atomic E-state index is 0.150. The van der Waals surface area contributed by atoms with Crippen molar-refractivity contribution in [2.24, 2.45) is 17.3 Å². The Morgan fingerprint density at radius 1 is 1.00 bits per heavy atom. The maximum absolute atomic E-state index is 5.26. The number of nitrogens with one attached hydrogen (secondary N) is 1. The number of aryl methyl sites for hydroxylation is 1. The van der Waals surface area contributed by atoms with Crippen molar-refractivity contribution in [2.45, 2.75) is 79.8 Å². The lowest BCUT2D eigenvalue weighted by molar-refractivity contribution is 0.408. The highest BCUT2D eigenvalue weighted by atomic mass is 15.1. The summed E-state index contributed by atoms with van der Waals surface area (Å²) in [4.78, 5) is 10.4. The summed E-state index contributed by atoms with van der Waals surface area (Å²) in [6.45, 7) is 14.4. The summed E-state index contributed by atoms with van der Waals surface area (Å²) in [5.41, 5.74) is 7.36. The molecule has 4 nitrogen and oxygen atoms in total. The molecule has 0 bridgehead atoms. The Morgan fingerprint density at radius 3 is 2.42 bits per heavy atom. The Bertz CT molecular complexity index is 1330. The Hall–Kier alpha value is -2.72. The SMILES string of the molecule is CCCCc1nc2c(CC(C)(C)C)nc3ccccc3c2n1Cc1ccc(CNCC2CC2C)cc1. The Balaban J connectivity index is 1.50. The number of hydrogen-bond donors (Lipinski definition) is 1. The van der Waals surface area contributed by atoms with E-state index in [0.29, 0.717) is 0 Å². The van der Waals surface area contributed by atoms with Gasteiger partial charge in [0.2, 0.25) is 0 Å². The second kappa shape index (κ2) is 10.3. The Kier molecular flexibility index (Phi) is 7.16. The van der Waals surface area contributed by atoms with Gasteiger partial charge in [-0.25, -0.2) is 4.98 Å². The Labute approximate surface area is 216 Å². The van der Waals surface area contributed by atoms with Gasteiger partial charge in [-0.15, -0.1) is 0 Å². The van der Waals surface area contributed by atoms with E-state index in [2.05, 4.69) is 93.0 Å². The first kappa shape index (κ1) is 25.0. The topological polar surface area (TPSA) is 42.7 Å². The molecule has 2 aromatic heterocycles. The predicted molar refractivity (Wildman–Crippen MR) is 151 cm³/mol. The fourth-order valence-electron chi connectivity index (χ4n) is 5.30. The fourth-order valence-corrected chi connectivity index (χ4v) is 5.30. The molecule has 0 radical (unpaired) electrons. The van der Waals surface area contributed by atoms with E-state index in [1.807, 2.05) is 0 Å². The van der Waals surface area contributed by atoms with E-state index < -0.39 is 0 Å². The molecule has 2 aromatic carbocycles. The molecule has 1 aliphatic rings. The van der Waals surface area contributed by atoms with E-state index in [0.717, 1.165) is 67.5 Å². The summed E-state index contributed by atoms with van der Waals surface area (Å²) >= 11 is 0. The van der Waals surface area contributed by atoms with Gasteiger partial charge in [-0.2, -0.15) is 0 Å². The van der Waals surface area contributed by atoms with E-state index in [9.17, 15) is 0 Å². The van der Waals surface area contributed by atoms with Crippen LogP contribution in [0.15, 0.2) is 48.5 Å². The number of unbranched alkanes of at least 4 members (excludes halogenated alkanes) is 1. The molecule has 1 fully saturated rings. The molecule has 1 N–H and O–H groups in total. The van der Waals surface area contributed by atoms with E-state index >= 15 is 0 Å². The van der Waals surface area contributed by atoms with Gasteiger partial charge in [0, 0.05) is 24.9 Å². The van der Waals surface area contributed by atoms with Crippen LogP contribution in [0.1, 0.15) is 76.5 Å². The molecule has 0 amide bonds. The molecule has 1 saturated carbocycles. The van der Waals surface area contributed by atoms with Crippen molar-refractivity contribution in [3.63, 3.8) is 0 Å². The van der Waals surface area contributed by atoms with E-state index in [1.165, 1.54) is 40.7 Å². The number of imidazole rings is 1. The zero-order chi connectivity index (χ0) is 25.3. The molecule has 190 valence electrons. The third-order valence-corrected chi connectivity index (χ3v) is 7.56. The van der Waals surface area contributed by atoms with Crippen LogP contribution in [0, 0.1) is 17.3 Å². The van der Waals surface area contributed by atoms with Gasteiger partial charge in [0.25, 0.3) is 0 Å². The number of rotatable bonds is 10. The lowest BCUT2D eigenvalue weighted by Crippen LogP contribution is -2.16.